The summed E-state index contributed by atoms with van der Waals surface area (Å²) in [6, 6.07) is 13.4. The number of anilines is 4. The van der Waals surface area contributed by atoms with E-state index in [1.807, 2.05) is 0 Å². The molecule has 2 aromatic heterocycles. The number of hydrogen-bond acceptors (Lipinski definition) is 8. The smallest absolute Gasteiger partial charge is 0.189 e. The molecule has 0 saturated carbocycles. The predicted molar refractivity (Wildman–Crippen MR) is 132 cm³/mol. The van der Waals surface area contributed by atoms with E-state index in [1.54, 1.807) is 19.1 Å². The van der Waals surface area contributed by atoms with Crippen LogP contribution in [0.15, 0.2) is 48.8 Å². The van der Waals surface area contributed by atoms with Crippen molar-refractivity contribution in [2.75, 3.05) is 43.9 Å². The number of likely N-dealkylation sites (N-methyl/N-ethyl adjacent to an activating group) is 1. The van der Waals surface area contributed by atoms with E-state index in [1.165, 1.54) is 29.3 Å². The highest BCUT2D eigenvalue weighted by atomic mass is 32.1. The fourth-order valence-corrected chi connectivity index (χ4v) is 4.72. The van der Waals surface area contributed by atoms with Gasteiger partial charge < -0.3 is 15.5 Å². The lowest BCUT2D eigenvalue weighted by atomic mass is 10.2. The number of nitrogens with zero attached hydrogens (tertiary/aromatic N) is 5. The Bertz CT molecular complexity index is 1250. The third-order valence-electron chi connectivity index (χ3n) is 5.82. The number of benzene rings is 2. The maximum atomic E-state index is 13.6. The van der Waals surface area contributed by atoms with E-state index in [0.29, 0.717) is 17.0 Å². The van der Waals surface area contributed by atoms with Crippen molar-refractivity contribution in [3.63, 3.8) is 0 Å². The van der Waals surface area contributed by atoms with E-state index in [2.05, 4.69) is 66.7 Å². The summed E-state index contributed by atoms with van der Waals surface area (Å²) >= 11 is 1.48. The van der Waals surface area contributed by atoms with Gasteiger partial charge in [-0.1, -0.05) is 23.5 Å². The number of nitrogens with one attached hydrogen (secondary N) is 2. The molecule has 4 aromatic rings. The Hall–Kier alpha value is -3.14. The van der Waals surface area contributed by atoms with Crippen molar-refractivity contribution in [1.29, 1.82) is 0 Å². The Morgan fingerprint density at radius 3 is 2.48 bits per heavy atom. The topological polar surface area (TPSA) is 69.2 Å². The molecular weight excluding hydrogens is 437 g/mol. The molecule has 7 nitrogen and oxygen atoms in total. The molecule has 1 aliphatic heterocycles. The van der Waals surface area contributed by atoms with Crippen LogP contribution in [0.2, 0.25) is 0 Å². The maximum absolute atomic E-state index is 13.6. The normalized spacial score (nSPS) is 15.1. The summed E-state index contributed by atoms with van der Waals surface area (Å²) in [5.74, 6) is 0.422. The van der Waals surface area contributed by atoms with Gasteiger partial charge in [0.05, 0.1) is 0 Å². The molecule has 170 valence electrons. The Morgan fingerprint density at radius 1 is 0.970 bits per heavy atom. The molecule has 0 aliphatic carbocycles. The first-order valence-electron chi connectivity index (χ1n) is 10.9. The number of piperazine rings is 1. The van der Waals surface area contributed by atoms with E-state index >= 15 is 0 Å². The van der Waals surface area contributed by atoms with Gasteiger partial charge >= 0.3 is 0 Å². The van der Waals surface area contributed by atoms with Gasteiger partial charge in [-0.15, -0.1) is 0 Å². The van der Waals surface area contributed by atoms with Crippen molar-refractivity contribution in [1.82, 2.24) is 24.8 Å². The van der Waals surface area contributed by atoms with E-state index < -0.39 is 0 Å². The highest BCUT2D eigenvalue weighted by Gasteiger charge is 2.14. The second-order valence-electron chi connectivity index (χ2n) is 8.38. The van der Waals surface area contributed by atoms with Crippen LogP contribution in [-0.4, -0.2) is 58.0 Å². The summed E-state index contributed by atoms with van der Waals surface area (Å²) in [6.45, 7) is 7.17. The van der Waals surface area contributed by atoms with Crippen molar-refractivity contribution >= 4 is 44.0 Å². The number of hydrogen-bond donors (Lipinski definition) is 2. The van der Waals surface area contributed by atoms with Crippen LogP contribution in [0.25, 0.3) is 10.3 Å². The van der Waals surface area contributed by atoms with Crippen molar-refractivity contribution in [2.24, 2.45) is 0 Å². The molecule has 3 heterocycles. The summed E-state index contributed by atoms with van der Waals surface area (Å²) in [5, 5.41) is 7.38. The van der Waals surface area contributed by atoms with Gasteiger partial charge in [-0.05, 0) is 55.4 Å². The SMILES string of the molecule is Cc1cc(Nc2ncnc3nc(Nc4ccc(CN5CCN(C)CC5)cc4)sc23)ccc1F. The number of fused-ring (bicyclic) bond motifs is 1. The number of halogens is 1. The molecule has 0 atom stereocenters. The minimum atomic E-state index is -0.229. The zero-order chi connectivity index (χ0) is 22.8. The van der Waals surface area contributed by atoms with Gasteiger partial charge in [0, 0.05) is 44.1 Å². The van der Waals surface area contributed by atoms with Crippen LogP contribution in [0.1, 0.15) is 11.1 Å². The summed E-state index contributed by atoms with van der Waals surface area (Å²) < 4.78 is 14.4. The molecule has 1 fully saturated rings. The van der Waals surface area contributed by atoms with E-state index in [4.69, 9.17) is 0 Å². The molecule has 1 saturated heterocycles. The van der Waals surface area contributed by atoms with Crippen LogP contribution in [-0.2, 0) is 6.54 Å². The van der Waals surface area contributed by atoms with E-state index in [-0.39, 0.29) is 5.82 Å². The van der Waals surface area contributed by atoms with Crippen molar-refractivity contribution < 1.29 is 4.39 Å². The average molecular weight is 464 g/mol. The third-order valence-corrected chi connectivity index (χ3v) is 6.79. The zero-order valence-electron chi connectivity index (χ0n) is 18.7. The summed E-state index contributed by atoms with van der Waals surface area (Å²) in [4.78, 5) is 18.1. The average Bonchev–Trinajstić information content (AvgIpc) is 3.23. The molecule has 5 rings (SSSR count). The first kappa shape index (κ1) is 21.7. The van der Waals surface area contributed by atoms with Crippen LogP contribution in [0.3, 0.4) is 0 Å². The molecular formula is C24H26FN7S. The quantitative estimate of drug-likeness (QED) is 0.427. The van der Waals surface area contributed by atoms with Gasteiger partial charge in [0.1, 0.15) is 16.8 Å². The van der Waals surface area contributed by atoms with Crippen LogP contribution in [0, 0.1) is 12.7 Å². The Kier molecular flexibility index (Phi) is 6.17. The second kappa shape index (κ2) is 9.38. The highest BCUT2D eigenvalue weighted by molar-refractivity contribution is 7.22. The first-order valence-corrected chi connectivity index (χ1v) is 11.8. The van der Waals surface area contributed by atoms with Gasteiger partial charge in [0.2, 0.25) is 0 Å². The van der Waals surface area contributed by atoms with Crippen molar-refractivity contribution in [3.8, 4) is 0 Å². The summed E-state index contributed by atoms with van der Waals surface area (Å²) in [5.41, 5.74) is 4.25. The molecule has 0 amide bonds. The maximum Gasteiger partial charge on any atom is 0.189 e. The predicted octanol–water partition coefficient (Wildman–Crippen LogP) is 4.77. The fraction of sp³-hybridized carbons (Fsp3) is 0.292. The third kappa shape index (κ3) is 5.11. The minimum absolute atomic E-state index is 0.229. The minimum Gasteiger partial charge on any atom is -0.339 e. The molecule has 9 heteroatoms. The number of rotatable bonds is 6. The molecule has 1 aliphatic rings. The number of thiazole rings is 1. The van der Waals surface area contributed by atoms with Gasteiger partial charge in [-0.2, -0.15) is 4.98 Å². The Labute approximate surface area is 196 Å². The summed E-state index contributed by atoms with van der Waals surface area (Å²) in [7, 11) is 2.17. The molecule has 33 heavy (non-hydrogen) atoms. The van der Waals surface area contributed by atoms with Gasteiger partial charge in [-0.3, -0.25) is 4.90 Å². The fourth-order valence-electron chi connectivity index (χ4n) is 3.84. The van der Waals surface area contributed by atoms with Crippen molar-refractivity contribution in [3.05, 3.63) is 65.7 Å². The monoisotopic (exact) mass is 463 g/mol. The van der Waals surface area contributed by atoms with E-state index in [0.717, 1.165) is 53.9 Å². The molecule has 0 radical (unpaired) electrons. The lowest BCUT2D eigenvalue weighted by Gasteiger charge is -2.32. The van der Waals surface area contributed by atoms with Crippen LogP contribution in [0.5, 0.6) is 0 Å². The lowest BCUT2D eigenvalue weighted by Crippen LogP contribution is -2.43. The molecule has 2 N–H and O–H groups in total. The molecule has 0 bridgehead atoms. The lowest BCUT2D eigenvalue weighted by molar-refractivity contribution is 0.148. The molecule has 0 spiro atoms. The first-order chi connectivity index (χ1) is 16.0. The molecule has 2 aromatic carbocycles. The largest absolute Gasteiger partial charge is 0.339 e. The summed E-state index contributed by atoms with van der Waals surface area (Å²) in [6.07, 6.45) is 1.48. The number of aryl methyl sites for hydroxylation is 1. The molecule has 0 unspecified atom stereocenters. The van der Waals surface area contributed by atoms with Crippen molar-refractivity contribution in [2.45, 2.75) is 13.5 Å². The Morgan fingerprint density at radius 2 is 1.73 bits per heavy atom. The standard InChI is InChI=1S/C24H26FN7S/c1-16-13-19(7-8-20(16)25)28-22-21-23(27-15-26-22)30-24(33-21)29-18-5-3-17(4-6-18)14-32-11-9-31(2)10-12-32/h3-8,13,15H,9-12,14H2,1-2H3,(H2,26,27,28,29,30). The second-order valence-corrected chi connectivity index (χ2v) is 9.38. The highest BCUT2D eigenvalue weighted by Crippen LogP contribution is 2.33. The Balaban J connectivity index is 1.28. The van der Waals surface area contributed by atoms with Gasteiger partial charge in [-0.25, -0.2) is 14.4 Å². The number of aromatic nitrogens is 3. The van der Waals surface area contributed by atoms with Crippen LogP contribution >= 0.6 is 11.3 Å². The van der Waals surface area contributed by atoms with Gasteiger partial charge in [0.15, 0.2) is 16.6 Å². The van der Waals surface area contributed by atoms with Crippen LogP contribution < -0.4 is 10.6 Å². The van der Waals surface area contributed by atoms with Gasteiger partial charge in [0.25, 0.3) is 0 Å². The van der Waals surface area contributed by atoms with Crippen LogP contribution in [0.4, 0.5) is 26.7 Å². The van der Waals surface area contributed by atoms with E-state index in [9.17, 15) is 4.39 Å². The zero-order valence-corrected chi connectivity index (χ0v) is 19.5.